The van der Waals surface area contributed by atoms with Crippen molar-refractivity contribution >= 4 is 5.78 Å². The molecule has 1 aromatic carbocycles. The molecule has 0 aliphatic carbocycles. The molecule has 21 heavy (non-hydrogen) atoms. The summed E-state index contributed by atoms with van der Waals surface area (Å²) in [5.41, 5.74) is 3.60. The minimum atomic E-state index is 0.265. The van der Waals surface area contributed by atoms with Crippen LogP contribution in [-0.4, -0.2) is 30.3 Å². The average Bonchev–Trinajstić information content (AvgIpc) is 2.38. The van der Waals surface area contributed by atoms with Crippen LogP contribution in [0.2, 0.25) is 0 Å². The van der Waals surface area contributed by atoms with E-state index in [1.165, 1.54) is 18.4 Å². The van der Waals surface area contributed by atoms with E-state index in [2.05, 4.69) is 38.7 Å². The Balaban J connectivity index is 1.93. The van der Waals surface area contributed by atoms with Gasteiger partial charge in [0.2, 0.25) is 0 Å². The van der Waals surface area contributed by atoms with Gasteiger partial charge < -0.3 is 0 Å². The molecule has 1 saturated heterocycles. The second-order valence-electron chi connectivity index (χ2n) is 7.66. The number of benzene rings is 1. The van der Waals surface area contributed by atoms with Gasteiger partial charge in [0.05, 0.1) is 6.54 Å². The fraction of sp³-hybridized carbons (Fsp3) is 0.632. The predicted octanol–water partition coefficient (Wildman–Crippen LogP) is 4.24. The predicted molar refractivity (Wildman–Crippen MR) is 88.9 cm³/mol. The molecule has 0 atom stereocenters. The number of aryl methyl sites for hydroxylation is 2. The third-order valence-corrected chi connectivity index (χ3v) is 4.86. The third kappa shape index (κ3) is 4.16. The van der Waals surface area contributed by atoms with Crippen LogP contribution in [0.1, 0.15) is 55.1 Å². The molecule has 0 radical (unpaired) electrons. The summed E-state index contributed by atoms with van der Waals surface area (Å²) in [6, 6.07) is 6.11. The van der Waals surface area contributed by atoms with Gasteiger partial charge in [0.15, 0.2) is 5.78 Å². The van der Waals surface area contributed by atoms with Crippen LogP contribution in [0.4, 0.5) is 0 Å². The highest BCUT2D eigenvalue weighted by atomic mass is 16.1. The van der Waals surface area contributed by atoms with Crippen molar-refractivity contribution in [2.75, 3.05) is 19.6 Å². The number of likely N-dealkylation sites (tertiary alicyclic amines) is 1. The standard InChI is InChI=1S/C19H29NO/c1-14-6-7-17(15(2)12-14)18(21)13-20-10-8-16(9-11-20)19(3,4)5/h6-7,12,16H,8-11,13H2,1-5H3. The highest BCUT2D eigenvalue weighted by Crippen LogP contribution is 2.34. The smallest absolute Gasteiger partial charge is 0.177 e. The zero-order chi connectivity index (χ0) is 15.6. The van der Waals surface area contributed by atoms with Crippen molar-refractivity contribution in [1.82, 2.24) is 4.90 Å². The lowest BCUT2D eigenvalue weighted by Crippen LogP contribution is -2.40. The van der Waals surface area contributed by atoms with Crippen LogP contribution in [0.15, 0.2) is 18.2 Å². The average molecular weight is 287 g/mol. The van der Waals surface area contributed by atoms with Crippen molar-refractivity contribution in [2.24, 2.45) is 11.3 Å². The van der Waals surface area contributed by atoms with Gasteiger partial charge in [-0.2, -0.15) is 0 Å². The molecule has 0 saturated carbocycles. The molecule has 0 amide bonds. The lowest BCUT2D eigenvalue weighted by molar-refractivity contribution is 0.0821. The summed E-state index contributed by atoms with van der Waals surface area (Å²) in [4.78, 5) is 14.8. The number of hydrogen-bond acceptors (Lipinski definition) is 2. The lowest BCUT2D eigenvalue weighted by atomic mass is 9.75. The summed E-state index contributed by atoms with van der Waals surface area (Å²) in [5, 5.41) is 0. The largest absolute Gasteiger partial charge is 0.296 e. The van der Waals surface area contributed by atoms with Crippen molar-refractivity contribution in [3.8, 4) is 0 Å². The van der Waals surface area contributed by atoms with Crippen molar-refractivity contribution in [3.05, 3.63) is 34.9 Å². The van der Waals surface area contributed by atoms with Gasteiger partial charge in [0, 0.05) is 5.56 Å². The second-order valence-corrected chi connectivity index (χ2v) is 7.66. The molecule has 1 aromatic rings. The van der Waals surface area contributed by atoms with Crippen LogP contribution in [0.5, 0.6) is 0 Å². The number of hydrogen-bond donors (Lipinski definition) is 0. The van der Waals surface area contributed by atoms with Gasteiger partial charge in [-0.3, -0.25) is 9.69 Å². The van der Waals surface area contributed by atoms with E-state index in [0.29, 0.717) is 12.0 Å². The summed E-state index contributed by atoms with van der Waals surface area (Å²) in [6.45, 7) is 13.8. The molecule has 1 heterocycles. The maximum absolute atomic E-state index is 12.5. The van der Waals surface area contributed by atoms with Crippen LogP contribution in [0, 0.1) is 25.2 Å². The Morgan fingerprint density at radius 1 is 1.19 bits per heavy atom. The van der Waals surface area contributed by atoms with Crippen LogP contribution in [-0.2, 0) is 0 Å². The van der Waals surface area contributed by atoms with Gasteiger partial charge in [-0.25, -0.2) is 0 Å². The molecular weight excluding hydrogens is 258 g/mol. The van der Waals surface area contributed by atoms with Crippen LogP contribution >= 0.6 is 0 Å². The summed E-state index contributed by atoms with van der Waals surface area (Å²) in [5.74, 6) is 1.05. The van der Waals surface area contributed by atoms with E-state index in [1.54, 1.807) is 0 Å². The van der Waals surface area contributed by atoms with E-state index < -0.39 is 0 Å². The molecule has 0 unspecified atom stereocenters. The Kier molecular flexibility index (Phi) is 4.88. The molecule has 1 fully saturated rings. The first-order chi connectivity index (χ1) is 9.77. The minimum Gasteiger partial charge on any atom is -0.296 e. The Labute approximate surface area is 129 Å². The molecule has 0 spiro atoms. The van der Waals surface area contributed by atoms with Crippen molar-refractivity contribution in [2.45, 2.75) is 47.5 Å². The molecule has 1 aliphatic rings. The summed E-state index contributed by atoms with van der Waals surface area (Å²) in [7, 11) is 0. The molecule has 0 aromatic heterocycles. The molecule has 0 bridgehead atoms. The number of ketones is 1. The van der Waals surface area contributed by atoms with Crippen LogP contribution < -0.4 is 0 Å². The number of piperidine rings is 1. The van der Waals surface area contributed by atoms with E-state index in [0.717, 1.165) is 30.1 Å². The molecule has 2 rings (SSSR count). The molecular formula is C19H29NO. The van der Waals surface area contributed by atoms with Gasteiger partial charge in [-0.15, -0.1) is 0 Å². The minimum absolute atomic E-state index is 0.265. The first-order valence-electron chi connectivity index (χ1n) is 8.10. The van der Waals surface area contributed by atoms with E-state index in [1.807, 2.05) is 19.1 Å². The van der Waals surface area contributed by atoms with E-state index in [-0.39, 0.29) is 5.78 Å². The quantitative estimate of drug-likeness (QED) is 0.775. The molecule has 1 aliphatic heterocycles. The SMILES string of the molecule is Cc1ccc(C(=O)CN2CCC(C(C)(C)C)CC2)c(C)c1. The topological polar surface area (TPSA) is 20.3 Å². The molecule has 116 valence electrons. The van der Waals surface area contributed by atoms with Crippen LogP contribution in [0.3, 0.4) is 0 Å². The van der Waals surface area contributed by atoms with Crippen molar-refractivity contribution in [1.29, 1.82) is 0 Å². The van der Waals surface area contributed by atoms with Gasteiger partial charge in [0.25, 0.3) is 0 Å². The Morgan fingerprint density at radius 3 is 2.33 bits per heavy atom. The number of Topliss-reactive ketones (excluding diaryl/α,β-unsaturated/α-hetero) is 1. The summed E-state index contributed by atoms with van der Waals surface area (Å²) in [6.07, 6.45) is 2.42. The van der Waals surface area contributed by atoms with Crippen LogP contribution in [0.25, 0.3) is 0 Å². The number of nitrogens with zero attached hydrogens (tertiary/aromatic N) is 1. The number of carbonyl (C=O) groups is 1. The van der Waals surface area contributed by atoms with Gasteiger partial charge in [-0.05, 0) is 56.7 Å². The number of carbonyl (C=O) groups excluding carboxylic acids is 1. The van der Waals surface area contributed by atoms with E-state index >= 15 is 0 Å². The van der Waals surface area contributed by atoms with Crippen molar-refractivity contribution < 1.29 is 4.79 Å². The fourth-order valence-corrected chi connectivity index (χ4v) is 3.37. The van der Waals surface area contributed by atoms with Gasteiger partial charge >= 0.3 is 0 Å². The molecule has 2 nitrogen and oxygen atoms in total. The van der Waals surface area contributed by atoms with Gasteiger partial charge in [-0.1, -0.05) is 44.5 Å². The van der Waals surface area contributed by atoms with E-state index in [9.17, 15) is 4.79 Å². The molecule has 2 heteroatoms. The molecule has 0 N–H and O–H groups in total. The fourth-order valence-electron chi connectivity index (χ4n) is 3.37. The number of rotatable bonds is 3. The Morgan fingerprint density at radius 2 is 1.81 bits per heavy atom. The first-order valence-corrected chi connectivity index (χ1v) is 8.10. The summed E-state index contributed by atoms with van der Waals surface area (Å²) >= 11 is 0. The van der Waals surface area contributed by atoms with E-state index in [4.69, 9.17) is 0 Å². The normalized spacial score (nSPS) is 18.0. The zero-order valence-electron chi connectivity index (χ0n) is 14.2. The maximum atomic E-state index is 12.5. The van der Waals surface area contributed by atoms with Gasteiger partial charge in [0.1, 0.15) is 0 Å². The van der Waals surface area contributed by atoms with Crippen molar-refractivity contribution in [3.63, 3.8) is 0 Å². The zero-order valence-corrected chi connectivity index (χ0v) is 14.2. The third-order valence-electron chi connectivity index (χ3n) is 4.86. The summed E-state index contributed by atoms with van der Waals surface area (Å²) < 4.78 is 0. The second kappa shape index (κ2) is 6.31. The lowest BCUT2D eigenvalue weighted by Gasteiger charge is -2.38. The monoisotopic (exact) mass is 287 g/mol. The Bertz CT molecular complexity index is 505. The first kappa shape index (κ1) is 16.2. The Hall–Kier alpha value is -1.15. The maximum Gasteiger partial charge on any atom is 0.177 e. The highest BCUT2D eigenvalue weighted by molar-refractivity contribution is 5.98. The highest BCUT2D eigenvalue weighted by Gasteiger charge is 2.29.